The number of ether oxygens (including phenoxy) is 1. The lowest BCUT2D eigenvalue weighted by Gasteiger charge is -2.08. The third-order valence-corrected chi connectivity index (χ3v) is 3.31. The Kier molecular flexibility index (Phi) is 3.14. The topological polar surface area (TPSA) is 100 Å². The van der Waals surface area contributed by atoms with E-state index in [0.717, 1.165) is 0 Å². The van der Waals surface area contributed by atoms with Gasteiger partial charge in [0.2, 0.25) is 0 Å². The first-order valence-corrected chi connectivity index (χ1v) is 6.37. The summed E-state index contributed by atoms with van der Waals surface area (Å²) in [5, 5.41) is 28.9. The predicted molar refractivity (Wildman–Crippen MR) is 79.5 cm³/mol. The van der Waals surface area contributed by atoms with E-state index >= 15 is 0 Å². The second kappa shape index (κ2) is 5.00. The first kappa shape index (κ1) is 13.8. The summed E-state index contributed by atoms with van der Waals surface area (Å²) >= 11 is 0. The zero-order chi connectivity index (χ0) is 15.9. The molecule has 0 unspecified atom stereocenters. The maximum absolute atomic E-state index is 12.2. The lowest BCUT2D eigenvalue weighted by atomic mass is 10.1. The van der Waals surface area contributed by atoms with E-state index in [9.17, 15) is 20.1 Å². The van der Waals surface area contributed by atoms with Crippen molar-refractivity contribution in [3.8, 4) is 34.3 Å². The van der Waals surface area contributed by atoms with Gasteiger partial charge in [0, 0.05) is 11.6 Å². The molecule has 22 heavy (non-hydrogen) atoms. The Morgan fingerprint density at radius 2 is 1.77 bits per heavy atom. The van der Waals surface area contributed by atoms with Crippen LogP contribution >= 0.6 is 0 Å². The van der Waals surface area contributed by atoms with Crippen LogP contribution in [-0.2, 0) is 0 Å². The summed E-state index contributed by atoms with van der Waals surface area (Å²) in [6, 6.07) is 8.27. The van der Waals surface area contributed by atoms with Gasteiger partial charge in [-0.25, -0.2) is 0 Å². The van der Waals surface area contributed by atoms with Crippen LogP contribution in [-0.4, -0.2) is 22.4 Å². The highest BCUT2D eigenvalue weighted by Gasteiger charge is 2.14. The molecule has 1 heterocycles. The number of phenolic OH excluding ortho intramolecular Hbond substituents is 3. The van der Waals surface area contributed by atoms with Gasteiger partial charge in [-0.15, -0.1) is 0 Å². The molecule has 112 valence electrons. The van der Waals surface area contributed by atoms with Crippen molar-refractivity contribution in [1.82, 2.24) is 0 Å². The van der Waals surface area contributed by atoms with Crippen LogP contribution in [0.3, 0.4) is 0 Å². The molecule has 3 N–H and O–H groups in total. The smallest absolute Gasteiger partial charge is 0.197 e. The average molecular weight is 300 g/mol. The molecular formula is C16H12O6. The van der Waals surface area contributed by atoms with E-state index in [2.05, 4.69) is 0 Å². The van der Waals surface area contributed by atoms with Crippen LogP contribution in [0.15, 0.2) is 45.6 Å². The van der Waals surface area contributed by atoms with Crippen molar-refractivity contribution in [2.75, 3.05) is 7.11 Å². The molecule has 0 saturated carbocycles. The summed E-state index contributed by atoms with van der Waals surface area (Å²) in [4.78, 5) is 12.2. The van der Waals surface area contributed by atoms with E-state index in [0.29, 0.717) is 5.56 Å². The Balaban J connectivity index is 2.25. The highest BCUT2D eigenvalue weighted by molar-refractivity contribution is 5.87. The van der Waals surface area contributed by atoms with Gasteiger partial charge in [0.25, 0.3) is 0 Å². The van der Waals surface area contributed by atoms with E-state index in [1.165, 1.54) is 43.5 Å². The van der Waals surface area contributed by atoms with Crippen molar-refractivity contribution in [3.63, 3.8) is 0 Å². The summed E-state index contributed by atoms with van der Waals surface area (Å²) in [5.41, 5.74) is 0.165. The minimum absolute atomic E-state index is 0.0195. The predicted octanol–water partition coefficient (Wildman–Crippen LogP) is 2.59. The number of benzene rings is 2. The van der Waals surface area contributed by atoms with Crippen LogP contribution in [0, 0.1) is 0 Å². The largest absolute Gasteiger partial charge is 0.504 e. The molecule has 0 fully saturated rings. The van der Waals surface area contributed by atoms with Crippen molar-refractivity contribution in [2.24, 2.45) is 0 Å². The van der Waals surface area contributed by atoms with Gasteiger partial charge in [0.1, 0.15) is 16.7 Å². The molecule has 3 rings (SSSR count). The van der Waals surface area contributed by atoms with Gasteiger partial charge in [0.15, 0.2) is 28.4 Å². The van der Waals surface area contributed by atoms with Gasteiger partial charge in [0.05, 0.1) is 7.11 Å². The van der Waals surface area contributed by atoms with Crippen molar-refractivity contribution in [3.05, 3.63) is 46.6 Å². The monoisotopic (exact) mass is 300 g/mol. The molecular weight excluding hydrogens is 288 g/mol. The fraction of sp³-hybridized carbons (Fsp3) is 0.0625. The van der Waals surface area contributed by atoms with E-state index in [4.69, 9.17) is 9.15 Å². The zero-order valence-electron chi connectivity index (χ0n) is 11.5. The molecule has 2 aromatic carbocycles. The van der Waals surface area contributed by atoms with Gasteiger partial charge in [-0.3, -0.25) is 4.79 Å². The SMILES string of the molecule is COc1ccc2oc(-c3ccc(O)c(O)c3)cc(=O)c2c1O. The quantitative estimate of drug-likeness (QED) is 0.629. The third kappa shape index (κ3) is 2.10. The zero-order valence-corrected chi connectivity index (χ0v) is 11.5. The molecule has 3 aromatic rings. The molecule has 0 bridgehead atoms. The van der Waals surface area contributed by atoms with Gasteiger partial charge >= 0.3 is 0 Å². The van der Waals surface area contributed by atoms with Crippen LogP contribution in [0.4, 0.5) is 0 Å². The van der Waals surface area contributed by atoms with Crippen molar-refractivity contribution in [1.29, 1.82) is 0 Å². The molecule has 6 nitrogen and oxygen atoms in total. The average Bonchev–Trinajstić information content (AvgIpc) is 2.50. The summed E-state index contributed by atoms with van der Waals surface area (Å²) in [6.07, 6.45) is 0. The summed E-state index contributed by atoms with van der Waals surface area (Å²) < 4.78 is 10.6. The molecule has 0 spiro atoms. The van der Waals surface area contributed by atoms with Crippen molar-refractivity contribution in [2.45, 2.75) is 0 Å². The number of methoxy groups -OCH3 is 1. The number of fused-ring (bicyclic) bond motifs is 1. The molecule has 6 heteroatoms. The lowest BCUT2D eigenvalue weighted by Crippen LogP contribution is -2.01. The highest BCUT2D eigenvalue weighted by Crippen LogP contribution is 2.35. The summed E-state index contributed by atoms with van der Waals surface area (Å²) in [5.74, 6) is -0.492. The second-order valence-corrected chi connectivity index (χ2v) is 4.67. The summed E-state index contributed by atoms with van der Waals surface area (Å²) in [6.45, 7) is 0. The van der Waals surface area contributed by atoms with Crippen molar-refractivity contribution >= 4 is 11.0 Å². The third-order valence-electron chi connectivity index (χ3n) is 3.31. The Hall–Kier alpha value is -3.15. The molecule has 0 aliphatic heterocycles. The number of aromatic hydroxyl groups is 3. The van der Waals surface area contributed by atoms with Crippen LogP contribution in [0.5, 0.6) is 23.0 Å². The van der Waals surface area contributed by atoms with Crippen molar-refractivity contribution < 1.29 is 24.5 Å². The van der Waals surface area contributed by atoms with E-state index < -0.39 is 5.43 Å². The first-order chi connectivity index (χ1) is 10.5. The standard InChI is InChI=1S/C16H12O6/c1-21-13-5-4-12-15(16(13)20)11(19)7-14(22-12)8-2-3-9(17)10(18)6-8/h2-7,17-18,20H,1H3. The fourth-order valence-electron chi connectivity index (χ4n) is 2.20. The minimum atomic E-state index is -0.444. The number of hydrogen-bond donors (Lipinski definition) is 3. The molecule has 0 amide bonds. The number of rotatable bonds is 2. The highest BCUT2D eigenvalue weighted by atomic mass is 16.5. The molecule has 0 radical (unpaired) electrons. The second-order valence-electron chi connectivity index (χ2n) is 4.67. The normalized spacial score (nSPS) is 10.8. The van der Waals surface area contributed by atoms with E-state index in [-0.39, 0.29) is 39.7 Å². The number of phenols is 3. The first-order valence-electron chi connectivity index (χ1n) is 6.37. The maximum atomic E-state index is 12.2. The molecule has 0 aliphatic rings. The molecule has 0 saturated heterocycles. The van der Waals surface area contributed by atoms with Crippen LogP contribution in [0.2, 0.25) is 0 Å². The lowest BCUT2D eigenvalue weighted by molar-refractivity contribution is 0.376. The number of hydrogen-bond acceptors (Lipinski definition) is 6. The Morgan fingerprint density at radius 3 is 2.45 bits per heavy atom. The van der Waals surface area contributed by atoms with E-state index in [1.807, 2.05) is 0 Å². The van der Waals surface area contributed by atoms with Gasteiger partial charge < -0.3 is 24.5 Å². The Labute approximate surface area is 124 Å². The molecule has 1 aromatic heterocycles. The Bertz CT molecular complexity index is 926. The fourth-order valence-corrected chi connectivity index (χ4v) is 2.20. The Morgan fingerprint density at radius 1 is 1.00 bits per heavy atom. The minimum Gasteiger partial charge on any atom is -0.504 e. The van der Waals surface area contributed by atoms with Gasteiger partial charge in [-0.1, -0.05) is 0 Å². The van der Waals surface area contributed by atoms with Crippen LogP contribution in [0.1, 0.15) is 0 Å². The molecule has 0 aliphatic carbocycles. The van der Waals surface area contributed by atoms with Crippen LogP contribution < -0.4 is 10.2 Å². The van der Waals surface area contributed by atoms with Crippen LogP contribution in [0.25, 0.3) is 22.3 Å². The maximum Gasteiger partial charge on any atom is 0.197 e. The molecule has 0 atom stereocenters. The summed E-state index contributed by atoms with van der Waals surface area (Å²) in [7, 11) is 1.39. The van der Waals surface area contributed by atoms with Gasteiger partial charge in [-0.05, 0) is 30.3 Å². The van der Waals surface area contributed by atoms with Gasteiger partial charge in [-0.2, -0.15) is 0 Å². The van der Waals surface area contributed by atoms with E-state index in [1.54, 1.807) is 0 Å².